The van der Waals surface area contributed by atoms with Gasteiger partial charge in [-0.25, -0.2) is 0 Å². The summed E-state index contributed by atoms with van der Waals surface area (Å²) in [4.78, 5) is 1.34. The second-order valence-corrected chi connectivity index (χ2v) is 7.16. The molecule has 0 aliphatic heterocycles. The van der Waals surface area contributed by atoms with E-state index in [1.54, 1.807) is 0 Å². The molecular weight excluding hydrogens is 294 g/mol. The summed E-state index contributed by atoms with van der Waals surface area (Å²) in [6.45, 7) is 2.19. The molecule has 0 saturated carbocycles. The SMILES string of the molecule is CCSc1ccc(C(NC)c2cccc3ccsc23)cc1. The standard InChI is InChI=1S/C18H19NS2/c1-3-20-15-9-7-13(8-10-15)17(19-2)16-6-4-5-14-11-12-21-18(14)16/h4-12,17,19H,3H2,1-2H3. The number of fused-ring (bicyclic) bond motifs is 1. The summed E-state index contributed by atoms with van der Waals surface area (Å²) in [6.07, 6.45) is 0. The van der Waals surface area contributed by atoms with Crippen molar-refractivity contribution in [3.05, 3.63) is 65.0 Å². The summed E-state index contributed by atoms with van der Waals surface area (Å²) >= 11 is 3.70. The zero-order valence-electron chi connectivity index (χ0n) is 12.3. The summed E-state index contributed by atoms with van der Waals surface area (Å²) in [5, 5.41) is 6.97. The first-order valence-corrected chi connectivity index (χ1v) is 9.06. The fourth-order valence-electron chi connectivity index (χ4n) is 2.67. The van der Waals surface area contributed by atoms with Crippen LogP contribution in [0.2, 0.25) is 0 Å². The summed E-state index contributed by atoms with van der Waals surface area (Å²) in [7, 11) is 2.03. The summed E-state index contributed by atoms with van der Waals surface area (Å²) in [6, 6.07) is 17.9. The van der Waals surface area contributed by atoms with Crippen molar-refractivity contribution in [3.8, 4) is 0 Å². The second-order valence-electron chi connectivity index (χ2n) is 4.91. The quantitative estimate of drug-likeness (QED) is 0.640. The van der Waals surface area contributed by atoms with Crippen LogP contribution in [0.4, 0.5) is 0 Å². The van der Waals surface area contributed by atoms with Gasteiger partial charge in [-0.1, -0.05) is 37.3 Å². The lowest BCUT2D eigenvalue weighted by Crippen LogP contribution is -2.17. The average Bonchev–Trinajstić information content (AvgIpc) is 2.99. The first-order valence-electron chi connectivity index (χ1n) is 7.19. The van der Waals surface area contributed by atoms with Gasteiger partial charge in [0.2, 0.25) is 0 Å². The smallest absolute Gasteiger partial charge is 0.0588 e. The van der Waals surface area contributed by atoms with E-state index in [1.165, 1.54) is 26.1 Å². The lowest BCUT2D eigenvalue weighted by molar-refractivity contribution is 0.697. The highest BCUT2D eigenvalue weighted by molar-refractivity contribution is 7.99. The van der Waals surface area contributed by atoms with E-state index in [-0.39, 0.29) is 6.04 Å². The zero-order chi connectivity index (χ0) is 14.7. The van der Waals surface area contributed by atoms with Gasteiger partial charge < -0.3 is 5.32 Å². The van der Waals surface area contributed by atoms with E-state index in [0.29, 0.717) is 0 Å². The molecule has 3 aromatic rings. The van der Waals surface area contributed by atoms with Gasteiger partial charge in [0.25, 0.3) is 0 Å². The summed E-state index contributed by atoms with van der Waals surface area (Å²) in [5.41, 5.74) is 2.68. The topological polar surface area (TPSA) is 12.0 Å². The van der Waals surface area contributed by atoms with Gasteiger partial charge in [0, 0.05) is 9.60 Å². The molecule has 0 bridgehead atoms. The van der Waals surface area contributed by atoms with Crippen LogP contribution in [0.1, 0.15) is 24.1 Å². The van der Waals surface area contributed by atoms with E-state index in [2.05, 4.69) is 66.2 Å². The van der Waals surface area contributed by atoms with Crippen molar-refractivity contribution in [2.45, 2.75) is 17.9 Å². The molecule has 0 amide bonds. The van der Waals surface area contributed by atoms with Crippen LogP contribution in [-0.2, 0) is 0 Å². The second kappa shape index (κ2) is 6.65. The number of thiophene rings is 1. The predicted molar refractivity (Wildman–Crippen MR) is 95.6 cm³/mol. The third-order valence-corrected chi connectivity index (χ3v) is 5.51. The Morgan fingerprint density at radius 3 is 2.62 bits per heavy atom. The van der Waals surface area contributed by atoms with Crippen molar-refractivity contribution in [1.82, 2.24) is 5.32 Å². The Morgan fingerprint density at radius 1 is 1.10 bits per heavy atom. The van der Waals surface area contributed by atoms with Crippen LogP contribution in [-0.4, -0.2) is 12.8 Å². The highest BCUT2D eigenvalue weighted by atomic mass is 32.2. The molecule has 1 atom stereocenters. The number of benzene rings is 2. The Balaban J connectivity index is 1.99. The minimum Gasteiger partial charge on any atom is -0.309 e. The number of hydrogen-bond donors (Lipinski definition) is 1. The number of thioether (sulfide) groups is 1. The van der Waals surface area contributed by atoms with E-state index < -0.39 is 0 Å². The fourth-order valence-corrected chi connectivity index (χ4v) is 4.28. The van der Waals surface area contributed by atoms with Crippen LogP contribution in [0.15, 0.2) is 58.8 Å². The van der Waals surface area contributed by atoms with Gasteiger partial charge in [0.05, 0.1) is 6.04 Å². The van der Waals surface area contributed by atoms with Crippen molar-refractivity contribution >= 4 is 33.2 Å². The molecular formula is C18H19NS2. The molecule has 1 nitrogen and oxygen atoms in total. The van der Waals surface area contributed by atoms with Crippen LogP contribution in [0, 0.1) is 0 Å². The maximum atomic E-state index is 3.47. The van der Waals surface area contributed by atoms with E-state index in [9.17, 15) is 0 Å². The van der Waals surface area contributed by atoms with Crippen molar-refractivity contribution < 1.29 is 0 Å². The lowest BCUT2D eigenvalue weighted by Gasteiger charge is -2.18. The Bertz CT molecular complexity index is 715. The number of nitrogens with one attached hydrogen (secondary N) is 1. The Hall–Kier alpha value is -1.29. The molecule has 1 aromatic heterocycles. The molecule has 21 heavy (non-hydrogen) atoms. The molecule has 108 valence electrons. The van der Waals surface area contributed by atoms with Crippen molar-refractivity contribution in [2.24, 2.45) is 0 Å². The van der Waals surface area contributed by atoms with Crippen molar-refractivity contribution in [1.29, 1.82) is 0 Å². The normalized spacial score (nSPS) is 12.7. The highest BCUT2D eigenvalue weighted by Gasteiger charge is 2.15. The molecule has 1 N–H and O–H groups in total. The molecule has 1 unspecified atom stereocenters. The van der Waals surface area contributed by atoms with Gasteiger partial charge in [-0.05, 0) is 52.9 Å². The largest absolute Gasteiger partial charge is 0.309 e. The van der Waals surface area contributed by atoms with E-state index in [4.69, 9.17) is 0 Å². The van der Waals surface area contributed by atoms with Crippen LogP contribution < -0.4 is 5.32 Å². The fraction of sp³-hybridized carbons (Fsp3) is 0.222. The molecule has 0 aliphatic carbocycles. The first-order chi connectivity index (χ1) is 10.3. The minimum atomic E-state index is 0.244. The molecule has 2 aromatic carbocycles. The number of rotatable bonds is 5. The molecule has 0 saturated heterocycles. The van der Waals surface area contributed by atoms with Crippen LogP contribution >= 0.6 is 23.1 Å². The van der Waals surface area contributed by atoms with Crippen LogP contribution in [0.3, 0.4) is 0 Å². The van der Waals surface area contributed by atoms with Gasteiger partial charge in [-0.3, -0.25) is 0 Å². The maximum Gasteiger partial charge on any atom is 0.0588 e. The van der Waals surface area contributed by atoms with Gasteiger partial charge in [0.15, 0.2) is 0 Å². The Labute approximate surface area is 134 Å². The Kier molecular flexibility index (Phi) is 4.63. The monoisotopic (exact) mass is 313 g/mol. The average molecular weight is 313 g/mol. The van der Waals surface area contributed by atoms with Gasteiger partial charge in [0.1, 0.15) is 0 Å². The molecule has 0 aliphatic rings. The van der Waals surface area contributed by atoms with Gasteiger partial charge in [-0.2, -0.15) is 0 Å². The van der Waals surface area contributed by atoms with Crippen molar-refractivity contribution in [3.63, 3.8) is 0 Å². The zero-order valence-corrected chi connectivity index (χ0v) is 13.9. The van der Waals surface area contributed by atoms with Gasteiger partial charge in [-0.15, -0.1) is 23.1 Å². The van der Waals surface area contributed by atoms with Crippen molar-refractivity contribution in [2.75, 3.05) is 12.8 Å². The first kappa shape index (κ1) is 14.6. The number of hydrogen-bond acceptors (Lipinski definition) is 3. The van der Waals surface area contributed by atoms with E-state index >= 15 is 0 Å². The predicted octanol–water partition coefficient (Wildman–Crippen LogP) is 5.32. The van der Waals surface area contributed by atoms with E-state index in [1.807, 2.05) is 30.1 Å². The molecule has 3 heteroatoms. The molecule has 0 spiro atoms. The molecule has 1 heterocycles. The minimum absolute atomic E-state index is 0.244. The summed E-state index contributed by atoms with van der Waals surface area (Å²) < 4.78 is 1.38. The molecule has 0 radical (unpaired) electrons. The summed E-state index contributed by atoms with van der Waals surface area (Å²) in [5.74, 6) is 1.11. The third kappa shape index (κ3) is 3.00. The maximum absolute atomic E-state index is 3.47. The Morgan fingerprint density at radius 2 is 1.90 bits per heavy atom. The van der Waals surface area contributed by atoms with Crippen LogP contribution in [0.25, 0.3) is 10.1 Å². The molecule has 3 rings (SSSR count). The van der Waals surface area contributed by atoms with Crippen LogP contribution in [0.5, 0.6) is 0 Å². The highest BCUT2D eigenvalue weighted by Crippen LogP contribution is 2.32. The molecule has 0 fully saturated rings. The third-order valence-electron chi connectivity index (χ3n) is 3.63. The van der Waals surface area contributed by atoms with E-state index in [0.717, 1.165) is 5.75 Å². The van der Waals surface area contributed by atoms with Gasteiger partial charge >= 0.3 is 0 Å². The lowest BCUT2D eigenvalue weighted by atomic mass is 9.98.